The van der Waals surface area contributed by atoms with Crippen molar-refractivity contribution in [3.05, 3.63) is 0 Å². The lowest BCUT2D eigenvalue weighted by atomic mass is 10.5. The van der Waals surface area contributed by atoms with E-state index < -0.39 is 0 Å². The molecule has 0 fully saturated rings. The van der Waals surface area contributed by atoms with Crippen molar-refractivity contribution in [2.75, 3.05) is 6.61 Å². The van der Waals surface area contributed by atoms with Gasteiger partial charge in [-0.1, -0.05) is 5.92 Å². The van der Waals surface area contributed by atoms with Crippen LogP contribution in [0.15, 0.2) is 0 Å². The fourth-order valence-electron chi connectivity index (χ4n) is 0.112. The molecule has 0 saturated carbocycles. The zero-order valence-corrected chi connectivity index (χ0v) is 3.31. The second kappa shape index (κ2) is 4.32. The zero-order valence-electron chi connectivity index (χ0n) is 3.31. The van der Waals surface area contributed by atoms with Crippen LogP contribution in [-0.4, -0.2) is 16.8 Å². The second-order valence-corrected chi connectivity index (χ2v) is 0.762. The highest BCUT2D eigenvalue weighted by molar-refractivity contribution is 4.88. The third-order valence-electron chi connectivity index (χ3n) is 0.316. The SMILES string of the molecule is OC#CCCO. The van der Waals surface area contributed by atoms with Gasteiger partial charge in [0.1, 0.15) is 6.11 Å². The van der Waals surface area contributed by atoms with Crippen molar-refractivity contribution in [3.63, 3.8) is 0 Å². The van der Waals surface area contributed by atoms with Crippen LogP contribution >= 0.6 is 0 Å². The molecule has 0 aliphatic rings. The molecule has 0 saturated heterocycles. The Bertz CT molecular complexity index is 67.4. The van der Waals surface area contributed by atoms with Crippen LogP contribution in [0.3, 0.4) is 0 Å². The van der Waals surface area contributed by atoms with E-state index >= 15 is 0 Å². The summed E-state index contributed by atoms with van der Waals surface area (Å²) in [4.78, 5) is 0. The Labute approximate surface area is 36.4 Å². The Morgan fingerprint density at radius 2 is 2.17 bits per heavy atom. The number of aliphatic hydroxyl groups excluding tert-OH is 2. The molecule has 0 spiro atoms. The van der Waals surface area contributed by atoms with Crippen molar-refractivity contribution < 1.29 is 10.2 Å². The van der Waals surface area contributed by atoms with E-state index in [1.165, 1.54) is 0 Å². The summed E-state index contributed by atoms with van der Waals surface area (Å²) in [5, 5.41) is 15.7. The van der Waals surface area contributed by atoms with Crippen molar-refractivity contribution >= 4 is 0 Å². The van der Waals surface area contributed by atoms with Gasteiger partial charge in [-0.3, -0.25) is 0 Å². The van der Waals surface area contributed by atoms with E-state index in [0.29, 0.717) is 6.42 Å². The van der Waals surface area contributed by atoms with E-state index in [4.69, 9.17) is 10.2 Å². The summed E-state index contributed by atoms with van der Waals surface area (Å²) in [5.41, 5.74) is 0. The van der Waals surface area contributed by atoms with Crippen LogP contribution in [0.4, 0.5) is 0 Å². The highest BCUT2D eigenvalue weighted by Crippen LogP contribution is 1.64. The molecule has 2 heteroatoms. The van der Waals surface area contributed by atoms with Gasteiger partial charge in [0, 0.05) is 6.42 Å². The Morgan fingerprint density at radius 3 is 2.33 bits per heavy atom. The lowest BCUT2D eigenvalue weighted by molar-refractivity contribution is 0.304. The van der Waals surface area contributed by atoms with Crippen molar-refractivity contribution in [2.24, 2.45) is 0 Å². The molecule has 0 aromatic rings. The van der Waals surface area contributed by atoms with Gasteiger partial charge in [0.25, 0.3) is 0 Å². The molecule has 0 atom stereocenters. The maximum Gasteiger partial charge on any atom is 0.107 e. The second-order valence-electron chi connectivity index (χ2n) is 0.762. The minimum absolute atomic E-state index is 0.0214. The first-order chi connectivity index (χ1) is 2.91. The Kier molecular flexibility index (Phi) is 3.83. The molecule has 0 bridgehead atoms. The fraction of sp³-hybridized carbons (Fsp3) is 0.500. The first kappa shape index (κ1) is 5.32. The molecular weight excluding hydrogens is 80.0 g/mol. The number of rotatable bonds is 1. The standard InChI is InChI=1S/C4H6O2/c5-3-1-2-4-6/h5-6H,1,3H2. The topological polar surface area (TPSA) is 40.5 Å². The monoisotopic (exact) mass is 86.0 g/mol. The van der Waals surface area contributed by atoms with E-state index in [0.717, 1.165) is 0 Å². The van der Waals surface area contributed by atoms with Crippen LogP contribution in [0.1, 0.15) is 6.42 Å². The zero-order chi connectivity index (χ0) is 4.83. The third kappa shape index (κ3) is 3.32. The van der Waals surface area contributed by atoms with E-state index in [2.05, 4.69) is 5.92 Å². The highest BCUT2D eigenvalue weighted by Gasteiger charge is 1.65. The molecule has 34 valence electrons. The summed E-state index contributed by atoms with van der Waals surface area (Å²) in [6.07, 6.45) is 2.02. The minimum Gasteiger partial charge on any atom is -0.462 e. The third-order valence-corrected chi connectivity index (χ3v) is 0.316. The molecule has 0 aromatic heterocycles. The molecule has 0 heterocycles. The van der Waals surface area contributed by atoms with E-state index in [1.807, 2.05) is 0 Å². The van der Waals surface area contributed by atoms with E-state index in [-0.39, 0.29) is 6.61 Å². The molecule has 0 rings (SSSR count). The van der Waals surface area contributed by atoms with E-state index in [1.54, 1.807) is 6.11 Å². The van der Waals surface area contributed by atoms with Gasteiger partial charge in [-0.05, 0) is 0 Å². The highest BCUT2D eigenvalue weighted by atomic mass is 16.3. The largest absolute Gasteiger partial charge is 0.462 e. The predicted octanol–water partition coefficient (Wildman–Crippen LogP) is -0.298. The number of hydrogen-bond acceptors (Lipinski definition) is 2. The van der Waals surface area contributed by atoms with Gasteiger partial charge in [0.15, 0.2) is 0 Å². The molecular formula is C4H6O2. The van der Waals surface area contributed by atoms with Gasteiger partial charge < -0.3 is 10.2 Å². The van der Waals surface area contributed by atoms with Gasteiger partial charge >= 0.3 is 0 Å². The van der Waals surface area contributed by atoms with Crippen LogP contribution in [-0.2, 0) is 0 Å². The Balaban J connectivity index is 2.79. The molecule has 2 nitrogen and oxygen atoms in total. The average Bonchev–Trinajstić information content (AvgIpc) is 1.61. The summed E-state index contributed by atoms with van der Waals surface area (Å²) >= 11 is 0. The first-order valence-electron chi connectivity index (χ1n) is 1.64. The lowest BCUT2D eigenvalue weighted by Crippen LogP contribution is -1.74. The minimum atomic E-state index is 0.0214. The summed E-state index contributed by atoms with van der Waals surface area (Å²) < 4.78 is 0. The lowest BCUT2D eigenvalue weighted by Gasteiger charge is -1.71. The quantitative estimate of drug-likeness (QED) is 0.430. The average molecular weight is 86.1 g/mol. The molecule has 0 aliphatic heterocycles. The molecule has 0 unspecified atom stereocenters. The number of hydrogen-bond donors (Lipinski definition) is 2. The van der Waals surface area contributed by atoms with Crippen LogP contribution in [0, 0.1) is 12.0 Å². The van der Waals surface area contributed by atoms with Crippen molar-refractivity contribution in [1.29, 1.82) is 0 Å². The summed E-state index contributed by atoms with van der Waals surface area (Å²) in [5.74, 6) is 2.25. The molecule has 0 amide bonds. The summed E-state index contributed by atoms with van der Waals surface area (Å²) in [6, 6.07) is 0. The van der Waals surface area contributed by atoms with Gasteiger partial charge in [-0.15, -0.1) is 0 Å². The normalized spacial score (nSPS) is 6.17. The van der Waals surface area contributed by atoms with Crippen molar-refractivity contribution in [3.8, 4) is 12.0 Å². The van der Waals surface area contributed by atoms with Gasteiger partial charge in [0.05, 0.1) is 6.61 Å². The Hall–Kier alpha value is -0.680. The molecule has 0 aromatic carbocycles. The predicted molar refractivity (Wildman–Crippen MR) is 21.4 cm³/mol. The maximum absolute atomic E-state index is 7.98. The molecule has 2 N–H and O–H groups in total. The summed E-state index contributed by atoms with van der Waals surface area (Å²) in [6.45, 7) is 0.0214. The van der Waals surface area contributed by atoms with Crippen LogP contribution in [0.2, 0.25) is 0 Å². The van der Waals surface area contributed by atoms with E-state index in [9.17, 15) is 0 Å². The van der Waals surface area contributed by atoms with Crippen LogP contribution in [0.5, 0.6) is 0 Å². The fourth-order valence-corrected chi connectivity index (χ4v) is 0.112. The molecule has 0 aliphatic carbocycles. The van der Waals surface area contributed by atoms with Crippen molar-refractivity contribution in [2.45, 2.75) is 6.42 Å². The van der Waals surface area contributed by atoms with Gasteiger partial charge in [-0.2, -0.15) is 0 Å². The summed E-state index contributed by atoms with van der Waals surface area (Å²) in [7, 11) is 0. The van der Waals surface area contributed by atoms with Crippen LogP contribution in [0.25, 0.3) is 0 Å². The van der Waals surface area contributed by atoms with Crippen LogP contribution < -0.4 is 0 Å². The molecule has 0 radical (unpaired) electrons. The maximum atomic E-state index is 7.98. The number of aliphatic hydroxyl groups is 2. The van der Waals surface area contributed by atoms with Gasteiger partial charge in [0.2, 0.25) is 0 Å². The smallest absolute Gasteiger partial charge is 0.107 e. The first-order valence-corrected chi connectivity index (χ1v) is 1.64. The van der Waals surface area contributed by atoms with Crippen molar-refractivity contribution in [1.82, 2.24) is 0 Å². The Morgan fingerprint density at radius 1 is 1.50 bits per heavy atom. The molecule has 6 heavy (non-hydrogen) atoms. The van der Waals surface area contributed by atoms with Gasteiger partial charge in [-0.25, -0.2) is 0 Å².